The van der Waals surface area contributed by atoms with Gasteiger partial charge in [-0.15, -0.1) is 0 Å². The van der Waals surface area contributed by atoms with Gasteiger partial charge in [-0.3, -0.25) is 4.79 Å². The Kier molecular flexibility index (Phi) is 4.11. The fourth-order valence-corrected chi connectivity index (χ4v) is 2.55. The SMILES string of the molecule is CN(C)C1(CNC(=O)c2cc(Cl)ccc2F)CCC1. The predicted molar refractivity (Wildman–Crippen MR) is 74.0 cm³/mol. The molecule has 0 atom stereocenters. The number of carbonyl (C=O) groups is 1. The Morgan fingerprint density at radius 3 is 2.68 bits per heavy atom. The number of rotatable bonds is 4. The number of benzene rings is 1. The van der Waals surface area contributed by atoms with Crippen molar-refractivity contribution in [1.82, 2.24) is 10.2 Å². The zero-order valence-corrected chi connectivity index (χ0v) is 11.9. The summed E-state index contributed by atoms with van der Waals surface area (Å²) in [4.78, 5) is 14.1. The van der Waals surface area contributed by atoms with Crippen molar-refractivity contribution in [3.63, 3.8) is 0 Å². The molecule has 104 valence electrons. The van der Waals surface area contributed by atoms with Gasteiger partial charge in [0.25, 0.3) is 5.91 Å². The molecule has 2 rings (SSSR count). The molecule has 1 fully saturated rings. The molecule has 0 aromatic heterocycles. The molecule has 1 aliphatic rings. The summed E-state index contributed by atoms with van der Waals surface area (Å²) < 4.78 is 13.6. The van der Waals surface area contributed by atoms with Crippen LogP contribution in [0.15, 0.2) is 18.2 Å². The Bertz CT molecular complexity index is 486. The average Bonchev–Trinajstić information content (AvgIpc) is 2.30. The molecule has 3 nitrogen and oxygen atoms in total. The number of hydrogen-bond donors (Lipinski definition) is 1. The number of nitrogens with one attached hydrogen (secondary N) is 1. The summed E-state index contributed by atoms with van der Waals surface area (Å²) in [5, 5.41) is 3.17. The highest BCUT2D eigenvalue weighted by molar-refractivity contribution is 6.30. The molecule has 0 heterocycles. The molecular weight excluding hydrogens is 267 g/mol. The molecule has 1 aromatic rings. The quantitative estimate of drug-likeness (QED) is 0.922. The Morgan fingerprint density at radius 1 is 1.47 bits per heavy atom. The van der Waals surface area contributed by atoms with E-state index in [-0.39, 0.29) is 11.1 Å². The average molecular weight is 285 g/mol. The van der Waals surface area contributed by atoms with Crippen molar-refractivity contribution in [1.29, 1.82) is 0 Å². The molecule has 0 spiro atoms. The largest absolute Gasteiger partial charge is 0.350 e. The van der Waals surface area contributed by atoms with E-state index in [1.165, 1.54) is 24.6 Å². The first-order valence-electron chi connectivity index (χ1n) is 6.35. The topological polar surface area (TPSA) is 32.3 Å². The third kappa shape index (κ3) is 2.90. The zero-order chi connectivity index (χ0) is 14.0. The van der Waals surface area contributed by atoms with E-state index >= 15 is 0 Å². The first kappa shape index (κ1) is 14.3. The highest BCUT2D eigenvalue weighted by Gasteiger charge is 2.39. The number of nitrogens with zero attached hydrogens (tertiary/aromatic N) is 1. The normalized spacial score (nSPS) is 17.1. The highest BCUT2D eigenvalue weighted by Crippen LogP contribution is 2.35. The minimum atomic E-state index is -0.547. The summed E-state index contributed by atoms with van der Waals surface area (Å²) in [6.45, 7) is 0.533. The molecule has 0 radical (unpaired) electrons. The second-order valence-electron chi connectivity index (χ2n) is 5.28. The van der Waals surface area contributed by atoms with Crippen LogP contribution in [-0.4, -0.2) is 37.0 Å². The van der Waals surface area contributed by atoms with E-state index < -0.39 is 11.7 Å². The van der Waals surface area contributed by atoms with E-state index in [2.05, 4.69) is 10.2 Å². The van der Waals surface area contributed by atoms with Gasteiger partial charge in [0.05, 0.1) is 5.56 Å². The minimum absolute atomic E-state index is 0.000676. The third-order valence-electron chi connectivity index (χ3n) is 3.98. The van der Waals surface area contributed by atoms with Gasteiger partial charge in [-0.1, -0.05) is 11.6 Å². The summed E-state index contributed by atoms with van der Waals surface area (Å²) >= 11 is 5.78. The van der Waals surface area contributed by atoms with Crippen LogP contribution in [-0.2, 0) is 0 Å². The molecule has 1 aromatic carbocycles. The van der Waals surface area contributed by atoms with Crippen LogP contribution in [0, 0.1) is 5.82 Å². The van der Waals surface area contributed by atoms with Gasteiger partial charge in [-0.25, -0.2) is 4.39 Å². The second-order valence-corrected chi connectivity index (χ2v) is 5.72. The molecule has 0 saturated heterocycles. The van der Waals surface area contributed by atoms with Crippen LogP contribution in [0.5, 0.6) is 0 Å². The molecule has 1 aliphatic carbocycles. The molecule has 0 bridgehead atoms. The molecular formula is C14H18ClFN2O. The van der Waals surface area contributed by atoms with E-state index in [4.69, 9.17) is 11.6 Å². The second kappa shape index (κ2) is 5.47. The lowest BCUT2D eigenvalue weighted by molar-refractivity contribution is 0.0556. The van der Waals surface area contributed by atoms with Gasteiger partial charge in [0.1, 0.15) is 5.82 Å². The monoisotopic (exact) mass is 284 g/mol. The Morgan fingerprint density at radius 2 is 2.16 bits per heavy atom. The van der Waals surface area contributed by atoms with Gasteiger partial charge in [-0.05, 0) is 51.6 Å². The zero-order valence-electron chi connectivity index (χ0n) is 11.2. The van der Waals surface area contributed by atoms with Gasteiger partial charge in [0.15, 0.2) is 0 Å². The Hall–Kier alpha value is -1.13. The first-order valence-corrected chi connectivity index (χ1v) is 6.73. The highest BCUT2D eigenvalue weighted by atomic mass is 35.5. The molecule has 19 heavy (non-hydrogen) atoms. The van der Waals surface area contributed by atoms with Gasteiger partial charge in [-0.2, -0.15) is 0 Å². The molecule has 1 saturated carbocycles. The lowest BCUT2D eigenvalue weighted by atomic mass is 9.75. The van der Waals surface area contributed by atoms with Crippen LogP contribution in [0.2, 0.25) is 5.02 Å². The van der Waals surface area contributed by atoms with E-state index in [0.29, 0.717) is 11.6 Å². The van der Waals surface area contributed by atoms with Crippen molar-refractivity contribution >= 4 is 17.5 Å². The summed E-state index contributed by atoms with van der Waals surface area (Å²) in [7, 11) is 4.01. The summed E-state index contributed by atoms with van der Waals surface area (Å²) in [6.07, 6.45) is 3.27. The van der Waals surface area contributed by atoms with Crippen molar-refractivity contribution < 1.29 is 9.18 Å². The van der Waals surface area contributed by atoms with Crippen molar-refractivity contribution in [2.75, 3.05) is 20.6 Å². The van der Waals surface area contributed by atoms with Gasteiger partial charge in [0.2, 0.25) is 0 Å². The van der Waals surface area contributed by atoms with Crippen LogP contribution < -0.4 is 5.32 Å². The summed E-state index contributed by atoms with van der Waals surface area (Å²) in [5.41, 5.74) is 0.0192. The maximum Gasteiger partial charge on any atom is 0.254 e. The Labute approximate surface area is 117 Å². The summed E-state index contributed by atoms with van der Waals surface area (Å²) in [5.74, 6) is -0.956. The van der Waals surface area contributed by atoms with Crippen LogP contribution >= 0.6 is 11.6 Å². The molecule has 1 N–H and O–H groups in total. The first-order chi connectivity index (χ1) is 8.94. The summed E-state index contributed by atoms with van der Waals surface area (Å²) in [6, 6.07) is 4.00. The lowest BCUT2D eigenvalue weighted by Gasteiger charge is -2.47. The minimum Gasteiger partial charge on any atom is -0.350 e. The van der Waals surface area contributed by atoms with Gasteiger partial charge in [0, 0.05) is 17.1 Å². The molecule has 5 heteroatoms. The van der Waals surface area contributed by atoms with Crippen molar-refractivity contribution in [3.05, 3.63) is 34.6 Å². The predicted octanol–water partition coefficient (Wildman–Crippen LogP) is 2.69. The number of carbonyl (C=O) groups excluding carboxylic acids is 1. The van der Waals surface area contributed by atoms with Crippen molar-refractivity contribution in [2.45, 2.75) is 24.8 Å². The van der Waals surface area contributed by atoms with E-state index in [0.717, 1.165) is 12.8 Å². The Balaban J connectivity index is 2.03. The lowest BCUT2D eigenvalue weighted by Crippen LogP contribution is -2.57. The number of likely N-dealkylation sites (N-methyl/N-ethyl adjacent to an activating group) is 1. The van der Waals surface area contributed by atoms with E-state index in [1.54, 1.807) is 0 Å². The third-order valence-corrected chi connectivity index (χ3v) is 4.22. The standard InChI is InChI=1S/C14H18ClFN2O/c1-18(2)14(6-3-7-14)9-17-13(19)11-8-10(15)4-5-12(11)16/h4-5,8H,3,6-7,9H2,1-2H3,(H,17,19). The number of amides is 1. The smallest absolute Gasteiger partial charge is 0.254 e. The van der Waals surface area contributed by atoms with E-state index in [1.807, 2.05) is 14.1 Å². The fraction of sp³-hybridized carbons (Fsp3) is 0.500. The van der Waals surface area contributed by atoms with Crippen molar-refractivity contribution in [2.24, 2.45) is 0 Å². The van der Waals surface area contributed by atoms with E-state index in [9.17, 15) is 9.18 Å². The maximum absolute atomic E-state index is 13.6. The number of halogens is 2. The van der Waals surface area contributed by atoms with Crippen molar-refractivity contribution in [3.8, 4) is 0 Å². The maximum atomic E-state index is 13.6. The van der Waals surface area contributed by atoms with Gasteiger partial charge >= 0.3 is 0 Å². The van der Waals surface area contributed by atoms with Crippen LogP contribution in [0.4, 0.5) is 4.39 Å². The van der Waals surface area contributed by atoms with Crippen LogP contribution in [0.1, 0.15) is 29.6 Å². The molecule has 1 amide bonds. The molecule has 0 unspecified atom stereocenters. The fourth-order valence-electron chi connectivity index (χ4n) is 2.38. The van der Waals surface area contributed by atoms with Gasteiger partial charge < -0.3 is 10.2 Å². The molecule has 0 aliphatic heterocycles. The van der Waals surface area contributed by atoms with Crippen LogP contribution in [0.25, 0.3) is 0 Å². The van der Waals surface area contributed by atoms with Crippen LogP contribution in [0.3, 0.4) is 0 Å². The number of hydrogen-bond acceptors (Lipinski definition) is 2.